The van der Waals surface area contributed by atoms with Crippen molar-refractivity contribution in [3.63, 3.8) is 0 Å². The summed E-state index contributed by atoms with van der Waals surface area (Å²) in [5.41, 5.74) is 7.54. The van der Waals surface area contributed by atoms with Crippen LogP contribution in [0, 0.1) is 52.3 Å². The highest BCUT2D eigenvalue weighted by Crippen LogP contribution is 2.67. The minimum absolute atomic E-state index is 0.0760. The summed E-state index contributed by atoms with van der Waals surface area (Å²) in [7, 11) is 0. The van der Waals surface area contributed by atoms with E-state index in [0.29, 0.717) is 48.2 Å². The van der Waals surface area contributed by atoms with E-state index in [1.807, 2.05) is 13.8 Å². The molecule has 0 unspecified atom stereocenters. The molecule has 3 N–H and O–H groups in total. The Labute approximate surface area is 258 Å². The van der Waals surface area contributed by atoms with E-state index in [9.17, 15) is 19.5 Å². The van der Waals surface area contributed by atoms with Crippen molar-refractivity contribution in [1.29, 1.82) is 0 Å². The van der Waals surface area contributed by atoms with Gasteiger partial charge in [0, 0.05) is 12.3 Å². The van der Waals surface area contributed by atoms with Gasteiger partial charge in [0.05, 0.1) is 12.0 Å². The fourth-order valence-corrected chi connectivity index (χ4v) is 10.4. The summed E-state index contributed by atoms with van der Waals surface area (Å²) in [6.45, 7) is 10.8. The number of phenolic OH excluding ortho intramolecular Hbond substituents is 1. The van der Waals surface area contributed by atoms with E-state index < -0.39 is 12.0 Å². The van der Waals surface area contributed by atoms with Crippen LogP contribution in [0.1, 0.15) is 111 Å². The molecule has 1 aromatic carbocycles. The minimum atomic E-state index is -0.591. The Balaban J connectivity index is 1.24. The largest absolute Gasteiger partial charge is 0.508 e. The molecule has 0 aromatic heterocycles. The normalized spacial score (nSPS) is 36.6. The lowest BCUT2D eigenvalue weighted by atomic mass is 9.44. The average Bonchev–Trinajstić information content (AvgIpc) is 3.31. The Kier molecular flexibility index (Phi) is 9.47. The Morgan fingerprint density at radius 1 is 0.953 bits per heavy atom. The molecule has 0 aliphatic heterocycles. The molecule has 0 radical (unpaired) electrons. The van der Waals surface area contributed by atoms with Crippen LogP contribution in [0.5, 0.6) is 5.75 Å². The molecule has 0 bridgehead atoms. The number of rotatable bonds is 10. The molecule has 0 amide bonds. The number of Topliss-reactive ketones (excluding diaryl/α,β-unsaturated/α-hetero) is 2. The molecule has 43 heavy (non-hydrogen) atoms. The number of carbonyl (C=O) groups excluding carboxylic acids is 3. The van der Waals surface area contributed by atoms with Crippen molar-refractivity contribution in [2.75, 3.05) is 0 Å². The van der Waals surface area contributed by atoms with Gasteiger partial charge in [0.25, 0.3) is 0 Å². The number of nitrogens with two attached hydrogens (primary N) is 1. The first-order valence-corrected chi connectivity index (χ1v) is 17.1. The maximum absolute atomic E-state index is 13.7. The van der Waals surface area contributed by atoms with Crippen LogP contribution < -0.4 is 5.73 Å². The van der Waals surface area contributed by atoms with Crippen LogP contribution in [0.3, 0.4) is 0 Å². The topological polar surface area (TPSA) is 107 Å². The van der Waals surface area contributed by atoms with Crippen LogP contribution >= 0.6 is 0 Å². The van der Waals surface area contributed by atoms with Crippen molar-refractivity contribution in [2.24, 2.45) is 58.0 Å². The molecule has 6 nitrogen and oxygen atoms in total. The summed E-state index contributed by atoms with van der Waals surface area (Å²) in [6.07, 6.45) is 10.8. The highest BCUT2D eigenvalue weighted by atomic mass is 16.5. The van der Waals surface area contributed by atoms with Crippen molar-refractivity contribution in [2.45, 2.75) is 124 Å². The van der Waals surface area contributed by atoms with Gasteiger partial charge in [-0.15, -0.1) is 0 Å². The number of fused-ring (bicyclic) bond motifs is 5. The number of ketones is 2. The smallest absolute Gasteiger partial charge is 0.309 e. The average molecular weight is 594 g/mol. The molecule has 4 fully saturated rings. The van der Waals surface area contributed by atoms with E-state index in [4.69, 9.17) is 10.5 Å². The van der Waals surface area contributed by atoms with Crippen molar-refractivity contribution < 1.29 is 24.2 Å². The SMILES string of the molecule is CC(=O)[C@H]1CC[C@H]2[C@@H]3CC[C@H]4C[C@H](OC(=O)[C@@H](CC(=O)[C@@H](N)CC(C)C)Cc5ccc(O)cc5)CC[C@]4(C)[C@H]3CC[C@]12C. The van der Waals surface area contributed by atoms with E-state index in [-0.39, 0.29) is 46.8 Å². The number of phenols is 1. The maximum Gasteiger partial charge on any atom is 0.309 e. The number of aromatic hydroxyl groups is 1. The Bertz CT molecular complexity index is 1180. The van der Waals surface area contributed by atoms with Gasteiger partial charge in [-0.2, -0.15) is 0 Å². The van der Waals surface area contributed by atoms with Crippen LogP contribution in [0.15, 0.2) is 24.3 Å². The third-order valence-electron chi connectivity index (χ3n) is 12.7. The van der Waals surface area contributed by atoms with Crippen LogP contribution in [-0.4, -0.2) is 34.8 Å². The van der Waals surface area contributed by atoms with E-state index >= 15 is 0 Å². The van der Waals surface area contributed by atoms with Crippen molar-refractivity contribution in [3.05, 3.63) is 29.8 Å². The number of carbonyl (C=O) groups is 3. The third-order valence-corrected chi connectivity index (χ3v) is 12.7. The predicted molar refractivity (Wildman–Crippen MR) is 168 cm³/mol. The highest BCUT2D eigenvalue weighted by Gasteiger charge is 2.61. The van der Waals surface area contributed by atoms with E-state index in [1.165, 1.54) is 25.7 Å². The maximum atomic E-state index is 13.7. The molecule has 0 heterocycles. The molecule has 1 aromatic rings. The molecule has 10 atom stereocenters. The lowest BCUT2D eigenvalue weighted by Crippen LogP contribution is -2.54. The molecular formula is C37H55NO5. The molecule has 5 rings (SSSR count). The van der Waals surface area contributed by atoms with Gasteiger partial charge in [0.1, 0.15) is 23.4 Å². The Hall–Kier alpha value is -2.21. The van der Waals surface area contributed by atoms with Crippen molar-refractivity contribution >= 4 is 17.5 Å². The number of hydrogen-bond acceptors (Lipinski definition) is 6. The zero-order valence-electron chi connectivity index (χ0n) is 27.1. The molecule has 0 saturated heterocycles. The number of ether oxygens (including phenoxy) is 1. The third kappa shape index (κ3) is 6.46. The number of hydrogen-bond donors (Lipinski definition) is 2. The van der Waals surface area contributed by atoms with E-state index in [0.717, 1.165) is 37.7 Å². The zero-order valence-corrected chi connectivity index (χ0v) is 27.1. The van der Waals surface area contributed by atoms with Crippen molar-refractivity contribution in [1.82, 2.24) is 0 Å². The Morgan fingerprint density at radius 2 is 1.63 bits per heavy atom. The quantitative estimate of drug-likeness (QED) is 0.282. The van der Waals surface area contributed by atoms with Gasteiger partial charge in [-0.3, -0.25) is 14.4 Å². The van der Waals surface area contributed by atoms with E-state index in [1.54, 1.807) is 31.2 Å². The summed E-state index contributed by atoms with van der Waals surface area (Å²) in [5, 5.41) is 9.72. The highest BCUT2D eigenvalue weighted by molar-refractivity contribution is 5.88. The molecular weight excluding hydrogens is 538 g/mol. The van der Waals surface area contributed by atoms with Gasteiger partial charge < -0.3 is 15.6 Å². The van der Waals surface area contributed by atoms with Crippen LogP contribution in [0.25, 0.3) is 0 Å². The predicted octanol–water partition coefficient (Wildman–Crippen LogP) is 7.04. The fourth-order valence-electron chi connectivity index (χ4n) is 10.4. The second-order valence-electron chi connectivity index (χ2n) is 15.7. The summed E-state index contributed by atoms with van der Waals surface area (Å²) in [4.78, 5) is 39.2. The first-order valence-electron chi connectivity index (χ1n) is 17.1. The number of esters is 1. The van der Waals surface area contributed by atoms with Crippen LogP contribution in [0.2, 0.25) is 0 Å². The van der Waals surface area contributed by atoms with Crippen molar-refractivity contribution in [3.8, 4) is 5.75 Å². The summed E-state index contributed by atoms with van der Waals surface area (Å²) in [6, 6.07) is 6.25. The summed E-state index contributed by atoms with van der Waals surface area (Å²) in [5.74, 6) is 2.71. The number of benzene rings is 1. The van der Waals surface area contributed by atoms with Gasteiger partial charge in [0.15, 0.2) is 0 Å². The lowest BCUT2D eigenvalue weighted by Gasteiger charge is -2.61. The molecule has 4 aliphatic rings. The van der Waals surface area contributed by atoms with Crippen LogP contribution in [0.4, 0.5) is 0 Å². The molecule has 0 spiro atoms. The molecule has 4 aliphatic carbocycles. The standard InChI is InChI=1S/C37H55NO5/c1-22(2)18-33(38)34(41)20-25(19-24-6-9-27(40)10-7-24)35(42)43-28-14-16-36(4)26(21-28)8-11-29-31-13-12-30(23(3)39)37(31,5)17-15-32(29)36/h6-7,9-10,22,25-26,28-33,40H,8,11-21,38H2,1-5H3/t25-,26+,28-,29+,30-,31+,32+,33+,36+,37-/m1/s1. The van der Waals surface area contributed by atoms with Gasteiger partial charge in [-0.25, -0.2) is 0 Å². The van der Waals surface area contributed by atoms with Gasteiger partial charge >= 0.3 is 5.97 Å². The van der Waals surface area contributed by atoms with Crippen LogP contribution in [-0.2, 0) is 25.5 Å². The lowest BCUT2D eigenvalue weighted by molar-refractivity contribution is -0.167. The monoisotopic (exact) mass is 593 g/mol. The first-order chi connectivity index (χ1) is 20.3. The molecule has 6 heteroatoms. The molecule has 238 valence electrons. The van der Waals surface area contributed by atoms with E-state index in [2.05, 4.69) is 13.8 Å². The summed E-state index contributed by atoms with van der Waals surface area (Å²) < 4.78 is 6.25. The second kappa shape index (κ2) is 12.7. The van der Waals surface area contributed by atoms with Gasteiger partial charge in [0.2, 0.25) is 0 Å². The minimum Gasteiger partial charge on any atom is -0.508 e. The first kappa shape index (κ1) is 32.2. The molecule has 4 saturated carbocycles. The Morgan fingerprint density at radius 3 is 2.30 bits per heavy atom. The zero-order chi connectivity index (χ0) is 31.1. The second-order valence-corrected chi connectivity index (χ2v) is 15.7. The van der Waals surface area contributed by atoms with Gasteiger partial charge in [-0.1, -0.05) is 39.8 Å². The fraction of sp³-hybridized carbons (Fsp3) is 0.757. The summed E-state index contributed by atoms with van der Waals surface area (Å²) >= 11 is 0. The van der Waals surface area contributed by atoms with Gasteiger partial charge in [-0.05, 0) is 136 Å².